The lowest BCUT2D eigenvalue weighted by molar-refractivity contribution is -0.122. The summed E-state index contributed by atoms with van der Waals surface area (Å²) >= 11 is 6.23. The Kier molecular flexibility index (Phi) is 7.34. The zero-order chi connectivity index (χ0) is 16.7. The molecule has 1 heterocycles. The van der Waals surface area contributed by atoms with Gasteiger partial charge in [-0.2, -0.15) is 0 Å². The van der Waals surface area contributed by atoms with Gasteiger partial charge in [-0.3, -0.25) is 9.69 Å². The van der Waals surface area contributed by atoms with E-state index >= 15 is 0 Å². The van der Waals surface area contributed by atoms with Crippen LogP contribution in [0.2, 0.25) is 5.02 Å². The minimum Gasteiger partial charge on any atom is -0.354 e. The molecule has 0 saturated carbocycles. The third-order valence-corrected chi connectivity index (χ3v) is 4.93. The number of piperidine rings is 1. The van der Waals surface area contributed by atoms with E-state index in [1.807, 2.05) is 25.1 Å². The third kappa shape index (κ3) is 5.79. The number of hydrogen-bond acceptors (Lipinski definition) is 3. The molecule has 1 fully saturated rings. The van der Waals surface area contributed by atoms with Gasteiger partial charge < -0.3 is 11.1 Å². The van der Waals surface area contributed by atoms with E-state index < -0.39 is 0 Å². The van der Waals surface area contributed by atoms with Crippen molar-refractivity contribution in [2.45, 2.75) is 45.2 Å². The molecule has 4 nitrogen and oxygen atoms in total. The van der Waals surface area contributed by atoms with E-state index in [1.165, 1.54) is 5.56 Å². The number of rotatable bonds is 7. The van der Waals surface area contributed by atoms with Crippen molar-refractivity contribution in [2.75, 3.05) is 19.6 Å². The van der Waals surface area contributed by atoms with Crippen LogP contribution in [0, 0.1) is 5.92 Å². The first-order valence-corrected chi connectivity index (χ1v) is 8.97. The predicted octanol–water partition coefficient (Wildman–Crippen LogP) is 2.80. The van der Waals surface area contributed by atoms with Crippen LogP contribution in [-0.2, 0) is 11.3 Å². The lowest BCUT2D eigenvalue weighted by atomic mass is 9.96. The molecular weight excluding hydrogens is 310 g/mol. The number of nitrogens with zero attached hydrogens (tertiary/aromatic N) is 1. The summed E-state index contributed by atoms with van der Waals surface area (Å²) in [5.41, 5.74) is 7.02. The Morgan fingerprint density at radius 1 is 1.39 bits per heavy atom. The molecule has 3 N–H and O–H groups in total. The standard InChI is InChI=1S/C18H28ClN3O/c1-2-5-17(20)18(23)21-12-14-8-10-22(11-9-14)13-15-6-3-4-7-16(15)19/h3-4,6-7,14,17H,2,5,8-13,20H2,1H3,(H,21,23). The molecule has 23 heavy (non-hydrogen) atoms. The first-order valence-electron chi connectivity index (χ1n) is 8.59. The number of carbonyl (C=O) groups is 1. The Bertz CT molecular complexity index is 501. The van der Waals surface area contributed by atoms with E-state index in [2.05, 4.69) is 16.3 Å². The van der Waals surface area contributed by atoms with Gasteiger partial charge in [0.1, 0.15) is 0 Å². The van der Waals surface area contributed by atoms with Crippen LogP contribution in [0.4, 0.5) is 0 Å². The van der Waals surface area contributed by atoms with Crippen molar-refractivity contribution in [3.63, 3.8) is 0 Å². The van der Waals surface area contributed by atoms with Gasteiger partial charge in [-0.25, -0.2) is 0 Å². The van der Waals surface area contributed by atoms with Gasteiger partial charge in [-0.05, 0) is 49.9 Å². The number of likely N-dealkylation sites (tertiary alicyclic amines) is 1. The highest BCUT2D eigenvalue weighted by atomic mass is 35.5. The molecule has 0 bridgehead atoms. The van der Waals surface area contributed by atoms with Crippen molar-refractivity contribution in [3.8, 4) is 0 Å². The highest BCUT2D eigenvalue weighted by Crippen LogP contribution is 2.21. The second-order valence-electron chi connectivity index (χ2n) is 6.45. The molecule has 0 aliphatic carbocycles. The molecule has 0 radical (unpaired) electrons. The van der Waals surface area contributed by atoms with Crippen molar-refractivity contribution < 1.29 is 4.79 Å². The second-order valence-corrected chi connectivity index (χ2v) is 6.86. The SMILES string of the molecule is CCCC(N)C(=O)NCC1CCN(Cc2ccccc2Cl)CC1. The number of nitrogens with two attached hydrogens (primary N) is 1. The summed E-state index contributed by atoms with van der Waals surface area (Å²) in [5, 5.41) is 3.85. The van der Waals surface area contributed by atoms with Gasteiger partial charge in [0.25, 0.3) is 0 Å². The Labute approximate surface area is 144 Å². The summed E-state index contributed by atoms with van der Waals surface area (Å²) in [6, 6.07) is 7.66. The monoisotopic (exact) mass is 337 g/mol. The molecule has 1 atom stereocenters. The van der Waals surface area contributed by atoms with Crippen LogP contribution < -0.4 is 11.1 Å². The van der Waals surface area contributed by atoms with E-state index in [0.29, 0.717) is 5.92 Å². The van der Waals surface area contributed by atoms with E-state index in [-0.39, 0.29) is 11.9 Å². The molecule has 2 rings (SSSR count). The highest BCUT2D eigenvalue weighted by molar-refractivity contribution is 6.31. The van der Waals surface area contributed by atoms with Crippen LogP contribution >= 0.6 is 11.6 Å². The first-order chi connectivity index (χ1) is 11.1. The minimum atomic E-state index is -0.361. The fraction of sp³-hybridized carbons (Fsp3) is 0.611. The summed E-state index contributed by atoms with van der Waals surface area (Å²) in [6.45, 7) is 5.79. The maximum Gasteiger partial charge on any atom is 0.236 e. The van der Waals surface area contributed by atoms with Crippen molar-refractivity contribution in [2.24, 2.45) is 11.7 Å². The largest absolute Gasteiger partial charge is 0.354 e. The normalized spacial score (nSPS) is 17.9. The molecule has 1 aromatic rings. The fourth-order valence-electron chi connectivity index (χ4n) is 3.03. The summed E-state index contributed by atoms with van der Waals surface area (Å²) in [4.78, 5) is 14.3. The number of benzene rings is 1. The number of carbonyl (C=O) groups excluding carboxylic acids is 1. The molecule has 1 saturated heterocycles. The van der Waals surface area contributed by atoms with E-state index in [1.54, 1.807) is 0 Å². The Balaban J connectivity index is 1.70. The van der Waals surface area contributed by atoms with Crippen LogP contribution in [0.25, 0.3) is 0 Å². The van der Waals surface area contributed by atoms with Gasteiger partial charge in [0.05, 0.1) is 6.04 Å². The zero-order valence-electron chi connectivity index (χ0n) is 13.9. The topological polar surface area (TPSA) is 58.4 Å². The zero-order valence-corrected chi connectivity index (χ0v) is 14.7. The fourth-order valence-corrected chi connectivity index (χ4v) is 3.23. The molecule has 0 spiro atoms. The Hall–Kier alpha value is -1.10. The molecule has 128 valence electrons. The first kappa shape index (κ1) is 18.2. The third-order valence-electron chi connectivity index (χ3n) is 4.56. The van der Waals surface area contributed by atoms with E-state index in [0.717, 1.165) is 56.9 Å². The van der Waals surface area contributed by atoms with E-state index in [4.69, 9.17) is 17.3 Å². The molecule has 1 aliphatic heterocycles. The van der Waals surface area contributed by atoms with Crippen molar-refractivity contribution in [1.82, 2.24) is 10.2 Å². The minimum absolute atomic E-state index is 0.00894. The van der Waals surface area contributed by atoms with Crippen molar-refractivity contribution in [3.05, 3.63) is 34.9 Å². The van der Waals surface area contributed by atoms with Gasteiger partial charge >= 0.3 is 0 Å². The highest BCUT2D eigenvalue weighted by Gasteiger charge is 2.21. The summed E-state index contributed by atoms with van der Waals surface area (Å²) < 4.78 is 0. The molecule has 1 amide bonds. The lowest BCUT2D eigenvalue weighted by Crippen LogP contribution is -2.44. The smallest absolute Gasteiger partial charge is 0.236 e. The van der Waals surface area contributed by atoms with Gasteiger partial charge in [-0.1, -0.05) is 43.1 Å². The second kappa shape index (κ2) is 9.26. The predicted molar refractivity (Wildman–Crippen MR) is 95.3 cm³/mol. The van der Waals surface area contributed by atoms with E-state index in [9.17, 15) is 4.79 Å². The molecule has 0 aromatic heterocycles. The Morgan fingerprint density at radius 2 is 2.09 bits per heavy atom. The van der Waals surface area contributed by atoms with Crippen LogP contribution in [0.3, 0.4) is 0 Å². The number of halogens is 1. The summed E-state index contributed by atoms with van der Waals surface area (Å²) in [7, 11) is 0. The number of hydrogen-bond donors (Lipinski definition) is 2. The van der Waals surface area contributed by atoms with Crippen LogP contribution in [0.15, 0.2) is 24.3 Å². The average Bonchev–Trinajstić information content (AvgIpc) is 2.56. The summed E-state index contributed by atoms with van der Waals surface area (Å²) in [6.07, 6.45) is 3.90. The molecular formula is C18H28ClN3O. The maximum atomic E-state index is 11.9. The van der Waals surface area contributed by atoms with Crippen LogP contribution in [0.5, 0.6) is 0 Å². The lowest BCUT2D eigenvalue weighted by Gasteiger charge is -2.32. The Morgan fingerprint density at radius 3 is 2.74 bits per heavy atom. The average molecular weight is 338 g/mol. The summed E-state index contributed by atoms with van der Waals surface area (Å²) in [5.74, 6) is 0.542. The maximum absolute atomic E-state index is 11.9. The van der Waals surface area contributed by atoms with Gasteiger partial charge in [0.15, 0.2) is 0 Å². The van der Waals surface area contributed by atoms with Gasteiger partial charge in [-0.15, -0.1) is 0 Å². The van der Waals surface area contributed by atoms with Crippen LogP contribution in [-0.4, -0.2) is 36.5 Å². The number of amides is 1. The number of nitrogens with one attached hydrogen (secondary N) is 1. The van der Waals surface area contributed by atoms with Crippen molar-refractivity contribution >= 4 is 17.5 Å². The van der Waals surface area contributed by atoms with Crippen LogP contribution in [0.1, 0.15) is 38.2 Å². The van der Waals surface area contributed by atoms with Gasteiger partial charge in [0, 0.05) is 18.1 Å². The molecule has 1 unspecified atom stereocenters. The van der Waals surface area contributed by atoms with Crippen molar-refractivity contribution in [1.29, 1.82) is 0 Å². The quantitative estimate of drug-likeness (QED) is 0.804. The molecule has 1 aromatic carbocycles. The molecule has 5 heteroatoms. The van der Waals surface area contributed by atoms with Gasteiger partial charge in [0.2, 0.25) is 5.91 Å². The molecule has 1 aliphatic rings.